The van der Waals surface area contributed by atoms with Crippen LogP contribution >= 0.6 is 7.60 Å². The lowest BCUT2D eigenvalue weighted by Gasteiger charge is -2.19. The average Bonchev–Trinajstić information content (AvgIpc) is 2.56. The molecule has 0 aromatic heterocycles. The summed E-state index contributed by atoms with van der Waals surface area (Å²) in [5.74, 6) is -0.937. The zero-order valence-electron chi connectivity index (χ0n) is 9.57. The van der Waals surface area contributed by atoms with Crippen LogP contribution in [0.4, 0.5) is 0 Å². The van der Waals surface area contributed by atoms with Gasteiger partial charge in [-0.15, -0.1) is 0 Å². The van der Waals surface area contributed by atoms with Crippen molar-refractivity contribution in [2.45, 2.75) is 37.3 Å². The Morgan fingerprint density at radius 1 is 1.81 bits per heavy atom. The van der Waals surface area contributed by atoms with E-state index in [0.29, 0.717) is 6.42 Å². The molecule has 1 aliphatic rings. The maximum absolute atomic E-state index is 11.4. The van der Waals surface area contributed by atoms with Gasteiger partial charge in [0.2, 0.25) is 0 Å². The highest BCUT2D eigenvalue weighted by Gasteiger charge is 2.35. The van der Waals surface area contributed by atoms with Crippen LogP contribution in [0.3, 0.4) is 0 Å². The molecule has 1 fully saturated rings. The van der Waals surface area contributed by atoms with Crippen molar-refractivity contribution >= 4 is 22.5 Å². The van der Waals surface area contributed by atoms with Crippen LogP contribution in [0.5, 0.6) is 0 Å². The van der Waals surface area contributed by atoms with Gasteiger partial charge >= 0.3 is 7.60 Å². The largest absolute Gasteiger partial charge is 0.390 e. The molecule has 16 heavy (non-hydrogen) atoms. The van der Waals surface area contributed by atoms with Gasteiger partial charge in [0, 0.05) is 6.00 Å². The fourth-order valence-electron chi connectivity index (χ4n) is 1.53. The first-order valence-electron chi connectivity index (χ1n) is 5.43. The van der Waals surface area contributed by atoms with Gasteiger partial charge < -0.3 is 25.0 Å². The molecule has 0 aromatic rings. The summed E-state index contributed by atoms with van der Waals surface area (Å²) in [5, 5.41) is 9.62. The lowest BCUT2D eigenvalue weighted by atomic mass is 9.51. The van der Waals surface area contributed by atoms with Crippen molar-refractivity contribution in [1.82, 2.24) is 0 Å². The lowest BCUT2D eigenvalue weighted by molar-refractivity contribution is -0.000430. The standard InChI is InChI=1S/C7H18B2NO5P/c1-4(10)16(12,13)14-3-6-5(11)2-7(9-8)15-6/h4-7,9,11H,2-3,8,10H2,1H3,(H,12,13)/t4?,5-,6?,7-/m1/s1. The molecule has 0 spiro atoms. The number of aliphatic hydroxyl groups is 1. The van der Waals surface area contributed by atoms with Crippen molar-refractivity contribution in [2.75, 3.05) is 6.61 Å². The first kappa shape index (κ1) is 14.2. The van der Waals surface area contributed by atoms with E-state index in [4.69, 9.17) is 15.0 Å². The molecule has 6 nitrogen and oxygen atoms in total. The zero-order chi connectivity index (χ0) is 12.3. The zero-order valence-corrected chi connectivity index (χ0v) is 10.5. The van der Waals surface area contributed by atoms with Crippen LogP contribution in [0.25, 0.3) is 0 Å². The van der Waals surface area contributed by atoms with E-state index in [2.05, 4.69) is 0 Å². The van der Waals surface area contributed by atoms with E-state index in [1.165, 1.54) is 6.92 Å². The fraction of sp³-hybridized carbons (Fsp3) is 1.00. The minimum atomic E-state index is -3.78. The molecule has 1 aliphatic heterocycles. The molecular weight excluding hydrogens is 231 g/mol. The van der Waals surface area contributed by atoms with Crippen LogP contribution in [-0.4, -0.2) is 55.5 Å². The van der Waals surface area contributed by atoms with E-state index in [-0.39, 0.29) is 12.6 Å². The second kappa shape index (κ2) is 5.67. The predicted octanol–water partition coefficient (Wildman–Crippen LogP) is -2.05. The van der Waals surface area contributed by atoms with Gasteiger partial charge in [0.05, 0.1) is 20.4 Å². The van der Waals surface area contributed by atoms with Gasteiger partial charge in [0.25, 0.3) is 0 Å². The highest BCUT2D eigenvalue weighted by atomic mass is 31.2. The van der Waals surface area contributed by atoms with E-state index in [9.17, 15) is 14.6 Å². The van der Waals surface area contributed by atoms with Crippen molar-refractivity contribution in [1.29, 1.82) is 0 Å². The van der Waals surface area contributed by atoms with Crippen molar-refractivity contribution in [3.05, 3.63) is 0 Å². The molecule has 0 radical (unpaired) electrons. The quantitative estimate of drug-likeness (QED) is 0.383. The Kier molecular flexibility index (Phi) is 5.04. The Morgan fingerprint density at radius 2 is 2.44 bits per heavy atom. The number of ether oxygens (including phenoxy) is 1. The van der Waals surface area contributed by atoms with Crippen LogP contribution in [-0.2, 0) is 13.8 Å². The van der Waals surface area contributed by atoms with Gasteiger partial charge in [0.1, 0.15) is 19.1 Å². The Hall–Kier alpha value is 0.160. The summed E-state index contributed by atoms with van der Waals surface area (Å²) in [6.45, 7) is 1.30. The van der Waals surface area contributed by atoms with Crippen LogP contribution in [0.15, 0.2) is 0 Å². The molecule has 1 saturated heterocycles. The summed E-state index contributed by atoms with van der Waals surface area (Å²) in [5.41, 5.74) is 5.30. The van der Waals surface area contributed by atoms with Gasteiger partial charge in [-0.1, -0.05) is 0 Å². The molecule has 4 N–H and O–H groups in total. The minimum Gasteiger partial charge on any atom is -0.390 e. The van der Waals surface area contributed by atoms with Crippen molar-refractivity contribution in [3.8, 4) is 0 Å². The molecule has 1 rings (SSSR count). The van der Waals surface area contributed by atoms with Crippen LogP contribution < -0.4 is 5.73 Å². The third-order valence-electron chi connectivity index (χ3n) is 2.69. The Bertz CT molecular complexity index is 280. The van der Waals surface area contributed by atoms with Crippen LogP contribution in [0, 0.1) is 0 Å². The number of hydrogen-bond donors (Lipinski definition) is 3. The fourth-order valence-corrected chi connectivity index (χ4v) is 2.12. The number of aliphatic hydroxyl groups excluding tert-OH is 1. The second-order valence-electron chi connectivity index (χ2n) is 4.11. The molecule has 0 aliphatic carbocycles. The Morgan fingerprint density at radius 3 is 2.88 bits per heavy atom. The summed E-state index contributed by atoms with van der Waals surface area (Å²) in [6.07, 6.45) is -0.638. The molecular formula is C7H18B2NO5P. The van der Waals surface area contributed by atoms with Gasteiger partial charge in [-0.25, -0.2) is 0 Å². The summed E-state index contributed by atoms with van der Waals surface area (Å²) in [6, 6.07) is -0.00280. The molecule has 0 aromatic carbocycles. The number of hydrogen-bond acceptors (Lipinski definition) is 5. The predicted molar refractivity (Wildman–Crippen MR) is 64.4 cm³/mol. The van der Waals surface area contributed by atoms with E-state index in [0.717, 1.165) is 7.17 Å². The summed E-state index contributed by atoms with van der Waals surface area (Å²) in [4.78, 5) is 9.33. The van der Waals surface area contributed by atoms with Crippen LogP contribution in [0.1, 0.15) is 13.3 Å². The SMILES string of the molecule is BB[C@H]1C[C@@H](O)C(COP(=O)(O)C(C)N)O1. The van der Waals surface area contributed by atoms with E-state index in [1.54, 1.807) is 0 Å². The maximum atomic E-state index is 11.4. The van der Waals surface area contributed by atoms with Gasteiger partial charge in [0.15, 0.2) is 0 Å². The molecule has 92 valence electrons. The molecule has 0 saturated carbocycles. The van der Waals surface area contributed by atoms with E-state index >= 15 is 0 Å². The first-order valence-corrected chi connectivity index (χ1v) is 7.07. The van der Waals surface area contributed by atoms with Crippen molar-refractivity contribution in [3.63, 3.8) is 0 Å². The molecule has 0 bridgehead atoms. The molecule has 9 heteroatoms. The minimum absolute atomic E-state index is 0.00280. The Balaban J connectivity index is 2.42. The highest BCUT2D eigenvalue weighted by molar-refractivity contribution is 7.53. The van der Waals surface area contributed by atoms with E-state index in [1.807, 2.05) is 7.74 Å². The highest BCUT2D eigenvalue weighted by Crippen LogP contribution is 2.45. The normalized spacial score (nSPS) is 35.6. The third kappa shape index (κ3) is 3.58. The number of rotatable bonds is 5. The first-order chi connectivity index (χ1) is 7.36. The van der Waals surface area contributed by atoms with Gasteiger partial charge in [-0.2, -0.15) is 0 Å². The van der Waals surface area contributed by atoms with Gasteiger partial charge in [-0.3, -0.25) is 4.57 Å². The summed E-state index contributed by atoms with van der Waals surface area (Å²) < 4.78 is 21.7. The maximum Gasteiger partial charge on any atom is 0.344 e. The van der Waals surface area contributed by atoms with Crippen molar-refractivity contribution in [2.24, 2.45) is 5.73 Å². The molecule has 0 amide bonds. The van der Waals surface area contributed by atoms with Crippen molar-refractivity contribution < 1.29 is 23.8 Å². The second-order valence-corrected chi connectivity index (χ2v) is 6.31. The topological polar surface area (TPSA) is 102 Å². The Labute approximate surface area is 96.7 Å². The monoisotopic (exact) mass is 249 g/mol. The molecule has 1 heterocycles. The molecule has 5 atom stereocenters. The summed E-state index contributed by atoms with van der Waals surface area (Å²) in [7, 11) is -1.02. The van der Waals surface area contributed by atoms with Crippen LogP contribution in [0.2, 0.25) is 0 Å². The lowest BCUT2D eigenvalue weighted by Crippen LogP contribution is -2.28. The van der Waals surface area contributed by atoms with E-state index < -0.39 is 25.6 Å². The third-order valence-corrected chi connectivity index (χ3v) is 4.24. The van der Waals surface area contributed by atoms with Gasteiger partial charge in [-0.05, 0) is 13.3 Å². The molecule has 3 unspecified atom stereocenters. The average molecular weight is 249 g/mol. The number of nitrogens with two attached hydrogens (primary N) is 1. The smallest absolute Gasteiger partial charge is 0.344 e. The summed E-state index contributed by atoms with van der Waals surface area (Å²) >= 11 is 0.